The van der Waals surface area contributed by atoms with E-state index in [0.29, 0.717) is 37.5 Å². The molecule has 2 aromatic rings. The van der Waals surface area contributed by atoms with Gasteiger partial charge in [0.2, 0.25) is 5.65 Å². The first-order valence-electron chi connectivity index (χ1n) is 8.41. The number of ether oxygens (including phenoxy) is 2. The Morgan fingerprint density at radius 3 is 2.69 bits per heavy atom. The zero-order chi connectivity index (χ0) is 19.1. The fourth-order valence-corrected chi connectivity index (χ4v) is 2.42. The van der Waals surface area contributed by atoms with Crippen molar-refractivity contribution in [2.24, 2.45) is 0 Å². The Kier molecular flexibility index (Phi) is 6.84. The van der Waals surface area contributed by atoms with Gasteiger partial charge in [0.25, 0.3) is 5.91 Å². The average Bonchev–Trinajstić information content (AvgIpc) is 3.09. The highest BCUT2D eigenvalue weighted by Gasteiger charge is 2.19. The number of carbonyl (C=O) groups excluding carboxylic acids is 2. The van der Waals surface area contributed by atoms with E-state index in [1.54, 1.807) is 4.52 Å². The fraction of sp³-hybridized carbons (Fsp3) is 0.562. The molecule has 1 amide bonds. The number of nitrogens with zero attached hydrogens (tertiary/aromatic N) is 4. The van der Waals surface area contributed by atoms with Crippen molar-refractivity contribution < 1.29 is 19.1 Å². The molecule has 0 bridgehead atoms. The van der Waals surface area contributed by atoms with E-state index in [9.17, 15) is 9.59 Å². The number of rotatable bonds is 9. The third-order valence-electron chi connectivity index (χ3n) is 3.81. The lowest BCUT2D eigenvalue weighted by Gasteiger charge is -2.18. The maximum Gasteiger partial charge on any atom is 0.302 e. The standard InChI is InChI=1S/C16H24N6O4/c1-5-25-9-13(24)18-15-14(17-7-6-8-26-12(4)23)10(2)11(3)22-16(15)19-20-21-22/h17H,5-9H2,1-4H3,(H,18,24). The summed E-state index contributed by atoms with van der Waals surface area (Å²) in [4.78, 5) is 23.0. The van der Waals surface area contributed by atoms with Gasteiger partial charge >= 0.3 is 5.97 Å². The highest BCUT2D eigenvalue weighted by atomic mass is 16.5. The van der Waals surface area contributed by atoms with Crippen molar-refractivity contribution in [3.8, 4) is 0 Å². The lowest BCUT2D eigenvalue weighted by molar-refractivity contribution is -0.140. The number of nitrogens with one attached hydrogen (secondary N) is 2. The van der Waals surface area contributed by atoms with Crippen LogP contribution in [0, 0.1) is 13.8 Å². The summed E-state index contributed by atoms with van der Waals surface area (Å²) in [5, 5.41) is 17.8. The molecule has 2 heterocycles. The number of hydrogen-bond acceptors (Lipinski definition) is 8. The van der Waals surface area contributed by atoms with Crippen molar-refractivity contribution in [3.05, 3.63) is 11.3 Å². The first-order chi connectivity index (χ1) is 12.5. The molecule has 10 nitrogen and oxygen atoms in total. The van der Waals surface area contributed by atoms with Crippen molar-refractivity contribution in [1.29, 1.82) is 0 Å². The highest BCUT2D eigenvalue weighted by molar-refractivity contribution is 6.00. The van der Waals surface area contributed by atoms with E-state index in [2.05, 4.69) is 26.2 Å². The van der Waals surface area contributed by atoms with E-state index in [-0.39, 0.29) is 18.5 Å². The summed E-state index contributed by atoms with van der Waals surface area (Å²) >= 11 is 0. The van der Waals surface area contributed by atoms with Gasteiger partial charge in [-0.1, -0.05) is 0 Å². The van der Waals surface area contributed by atoms with Crippen molar-refractivity contribution >= 4 is 28.9 Å². The van der Waals surface area contributed by atoms with Crippen molar-refractivity contribution in [3.63, 3.8) is 0 Å². The molecule has 0 saturated carbocycles. The van der Waals surface area contributed by atoms with Crippen molar-refractivity contribution in [2.45, 2.75) is 34.1 Å². The number of aromatic nitrogens is 4. The molecule has 0 aliphatic heterocycles. The van der Waals surface area contributed by atoms with Gasteiger partial charge in [-0.05, 0) is 43.2 Å². The van der Waals surface area contributed by atoms with E-state index >= 15 is 0 Å². The first kappa shape index (κ1) is 19.6. The number of anilines is 2. The molecule has 26 heavy (non-hydrogen) atoms. The Bertz CT molecular complexity index is 789. The van der Waals surface area contributed by atoms with Gasteiger partial charge in [-0.3, -0.25) is 9.59 Å². The Labute approximate surface area is 151 Å². The van der Waals surface area contributed by atoms with Gasteiger partial charge in [-0.25, -0.2) is 0 Å². The summed E-state index contributed by atoms with van der Waals surface area (Å²) in [6.45, 7) is 8.28. The molecule has 0 aliphatic rings. The number of carbonyl (C=O) groups is 2. The molecule has 2 aromatic heterocycles. The zero-order valence-electron chi connectivity index (χ0n) is 15.5. The number of esters is 1. The SMILES string of the molecule is CCOCC(=O)Nc1c(NCCCOC(C)=O)c(C)c(C)n2nnnc12. The van der Waals surface area contributed by atoms with Crippen LogP contribution in [0.5, 0.6) is 0 Å². The van der Waals surface area contributed by atoms with Gasteiger partial charge in [0.15, 0.2) is 0 Å². The Morgan fingerprint density at radius 1 is 1.23 bits per heavy atom. The fourth-order valence-electron chi connectivity index (χ4n) is 2.42. The molecule has 0 unspecified atom stereocenters. The minimum Gasteiger partial charge on any atom is -0.466 e. The zero-order valence-corrected chi connectivity index (χ0v) is 15.5. The van der Waals surface area contributed by atoms with Gasteiger partial charge in [0, 0.05) is 25.8 Å². The normalized spacial score (nSPS) is 10.8. The second kappa shape index (κ2) is 9.09. The van der Waals surface area contributed by atoms with Gasteiger partial charge in [-0.2, -0.15) is 4.52 Å². The Morgan fingerprint density at radius 2 is 2.00 bits per heavy atom. The smallest absolute Gasteiger partial charge is 0.302 e. The predicted octanol–water partition coefficient (Wildman–Crippen LogP) is 1.08. The lowest BCUT2D eigenvalue weighted by atomic mass is 10.1. The van der Waals surface area contributed by atoms with Gasteiger partial charge in [0.1, 0.15) is 12.3 Å². The van der Waals surface area contributed by atoms with Crippen LogP contribution >= 0.6 is 0 Å². The molecule has 0 atom stereocenters. The minimum absolute atomic E-state index is 0.0525. The van der Waals surface area contributed by atoms with Crippen LogP contribution in [0.4, 0.5) is 11.4 Å². The summed E-state index contributed by atoms with van der Waals surface area (Å²) in [6.07, 6.45) is 0.626. The van der Waals surface area contributed by atoms with Crippen LogP contribution in [-0.4, -0.2) is 58.3 Å². The summed E-state index contributed by atoms with van der Waals surface area (Å²) in [5.41, 5.74) is 3.44. The monoisotopic (exact) mass is 364 g/mol. The molecular weight excluding hydrogens is 340 g/mol. The molecule has 142 valence electrons. The number of hydrogen-bond donors (Lipinski definition) is 2. The van der Waals surface area contributed by atoms with Crippen LogP contribution in [0.25, 0.3) is 5.65 Å². The lowest BCUT2D eigenvalue weighted by Crippen LogP contribution is -2.21. The van der Waals surface area contributed by atoms with E-state index in [4.69, 9.17) is 9.47 Å². The van der Waals surface area contributed by atoms with Gasteiger partial charge in [-0.15, -0.1) is 5.10 Å². The molecule has 0 aromatic carbocycles. The van der Waals surface area contributed by atoms with Crippen molar-refractivity contribution in [1.82, 2.24) is 20.0 Å². The molecule has 0 spiro atoms. The molecule has 0 fully saturated rings. The molecule has 0 saturated heterocycles. The van der Waals surface area contributed by atoms with Crippen LogP contribution in [0.2, 0.25) is 0 Å². The van der Waals surface area contributed by atoms with Gasteiger partial charge in [0.05, 0.1) is 12.3 Å². The number of aryl methyl sites for hydroxylation is 1. The van der Waals surface area contributed by atoms with Crippen LogP contribution < -0.4 is 10.6 Å². The predicted molar refractivity (Wildman–Crippen MR) is 95.1 cm³/mol. The minimum atomic E-state index is -0.308. The number of fused-ring (bicyclic) bond motifs is 1. The highest BCUT2D eigenvalue weighted by Crippen LogP contribution is 2.31. The van der Waals surface area contributed by atoms with Crippen LogP contribution in [0.3, 0.4) is 0 Å². The summed E-state index contributed by atoms with van der Waals surface area (Å²) in [6, 6.07) is 0. The third-order valence-corrected chi connectivity index (χ3v) is 3.81. The second-order valence-electron chi connectivity index (χ2n) is 5.68. The first-order valence-corrected chi connectivity index (χ1v) is 8.41. The Balaban J connectivity index is 2.24. The summed E-state index contributed by atoms with van der Waals surface area (Å²) in [7, 11) is 0. The molecule has 0 aliphatic carbocycles. The maximum atomic E-state index is 12.1. The van der Waals surface area contributed by atoms with Crippen LogP contribution in [-0.2, 0) is 19.1 Å². The average molecular weight is 364 g/mol. The van der Waals surface area contributed by atoms with Gasteiger partial charge < -0.3 is 20.1 Å². The van der Waals surface area contributed by atoms with E-state index in [0.717, 1.165) is 16.9 Å². The number of tetrazole rings is 1. The summed E-state index contributed by atoms with van der Waals surface area (Å²) in [5.74, 6) is -0.597. The molecule has 2 rings (SSSR count). The molecular formula is C16H24N6O4. The largest absolute Gasteiger partial charge is 0.466 e. The topological polar surface area (TPSA) is 120 Å². The third kappa shape index (κ3) is 4.66. The van der Waals surface area contributed by atoms with E-state index < -0.39 is 0 Å². The van der Waals surface area contributed by atoms with Crippen LogP contribution in [0.15, 0.2) is 0 Å². The number of amides is 1. The Hall–Kier alpha value is -2.75. The molecule has 0 radical (unpaired) electrons. The number of pyridine rings is 1. The molecule has 2 N–H and O–H groups in total. The second-order valence-corrected chi connectivity index (χ2v) is 5.68. The maximum absolute atomic E-state index is 12.1. The van der Waals surface area contributed by atoms with E-state index in [1.807, 2.05) is 20.8 Å². The summed E-state index contributed by atoms with van der Waals surface area (Å²) < 4.78 is 11.7. The van der Waals surface area contributed by atoms with Crippen molar-refractivity contribution in [2.75, 3.05) is 37.0 Å². The van der Waals surface area contributed by atoms with E-state index in [1.165, 1.54) is 6.92 Å². The van der Waals surface area contributed by atoms with Crippen LogP contribution in [0.1, 0.15) is 31.5 Å². The molecule has 10 heteroatoms. The quantitative estimate of drug-likeness (QED) is 0.501.